The van der Waals surface area contributed by atoms with Crippen LogP contribution in [0.15, 0.2) is 47.4 Å². The third kappa shape index (κ3) is 4.39. The van der Waals surface area contributed by atoms with Crippen LogP contribution in [0.25, 0.3) is 0 Å². The maximum Gasteiger partial charge on any atom is 0.241 e. The molecule has 1 aliphatic rings. The molecule has 0 fully saturated rings. The van der Waals surface area contributed by atoms with Crippen molar-refractivity contribution >= 4 is 39.7 Å². The molecular weight excluding hydrogens is 383 g/mol. The Bertz CT molecular complexity index is 885. The topological polar surface area (TPSA) is 81.4 Å². The van der Waals surface area contributed by atoms with E-state index < -0.39 is 21.7 Å². The lowest BCUT2D eigenvalue weighted by atomic mass is 9.90. The summed E-state index contributed by atoms with van der Waals surface area (Å²) in [5.74, 6) is 0.638. The monoisotopic (exact) mass is 402 g/mol. The molecule has 0 radical (unpaired) electrons. The number of nitrogens with one attached hydrogen (secondary N) is 1. The first-order chi connectivity index (χ1) is 11.2. The number of hydrogen-bond acceptors (Lipinski definition) is 4. The Morgan fingerprint density at radius 1 is 1.24 bits per heavy atom. The highest BCUT2D eigenvalue weighted by Crippen LogP contribution is 2.41. The van der Waals surface area contributed by atoms with Gasteiger partial charge in [0.15, 0.2) is 0 Å². The van der Waals surface area contributed by atoms with Crippen LogP contribution in [0.2, 0.25) is 5.02 Å². The summed E-state index contributed by atoms with van der Waals surface area (Å²) in [6, 6.07) is 11.0. The molecule has 8 heteroatoms. The van der Waals surface area contributed by atoms with Crippen LogP contribution >= 0.6 is 24.0 Å². The van der Waals surface area contributed by atoms with E-state index in [9.17, 15) is 8.42 Å². The van der Waals surface area contributed by atoms with Gasteiger partial charge in [0.05, 0.1) is 10.9 Å². The second-order valence-corrected chi connectivity index (χ2v) is 8.64. The third-order valence-electron chi connectivity index (χ3n) is 3.90. The van der Waals surface area contributed by atoms with Crippen molar-refractivity contribution in [1.82, 2.24) is 4.72 Å². The summed E-state index contributed by atoms with van der Waals surface area (Å²) in [6.07, 6.45) is 0.489. The minimum atomic E-state index is -3.72. The lowest BCUT2D eigenvalue weighted by molar-refractivity contribution is 0.0702. The van der Waals surface area contributed by atoms with E-state index in [0.29, 0.717) is 22.9 Å². The van der Waals surface area contributed by atoms with Gasteiger partial charge in [0.25, 0.3) is 0 Å². The van der Waals surface area contributed by atoms with E-state index in [-0.39, 0.29) is 17.3 Å². The van der Waals surface area contributed by atoms with Gasteiger partial charge in [0.2, 0.25) is 10.0 Å². The number of halogens is 2. The van der Waals surface area contributed by atoms with Gasteiger partial charge >= 0.3 is 0 Å². The van der Waals surface area contributed by atoms with Crippen LogP contribution in [0.5, 0.6) is 5.75 Å². The number of nitrogens with two attached hydrogens (primary N) is 1. The van der Waals surface area contributed by atoms with Gasteiger partial charge in [-0.05, 0) is 50.2 Å². The Kier molecular flexibility index (Phi) is 5.59. The van der Waals surface area contributed by atoms with Gasteiger partial charge in [-0.3, -0.25) is 0 Å². The average molecular weight is 403 g/mol. The van der Waals surface area contributed by atoms with Crippen LogP contribution in [0.4, 0.5) is 5.69 Å². The largest absolute Gasteiger partial charge is 0.487 e. The van der Waals surface area contributed by atoms with E-state index in [1.165, 1.54) is 12.1 Å². The predicted molar refractivity (Wildman–Crippen MR) is 102 cm³/mol. The van der Waals surface area contributed by atoms with Gasteiger partial charge in [-0.15, -0.1) is 12.4 Å². The zero-order chi connectivity index (χ0) is 17.5. The fourth-order valence-electron chi connectivity index (χ4n) is 2.87. The molecule has 25 heavy (non-hydrogen) atoms. The molecule has 5 nitrogen and oxygen atoms in total. The van der Waals surface area contributed by atoms with Crippen molar-refractivity contribution in [1.29, 1.82) is 0 Å². The number of hydrogen-bond donors (Lipinski definition) is 2. The summed E-state index contributed by atoms with van der Waals surface area (Å²) >= 11 is 5.91. The fraction of sp³-hybridized carbons (Fsp3) is 0.294. The van der Waals surface area contributed by atoms with E-state index >= 15 is 0 Å². The van der Waals surface area contributed by atoms with Crippen LogP contribution in [0, 0.1) is 0 Å². The number of anilines is 1. The standard InChI is InChI=1S/C17H19ClN2O3S.ClH/c1-17(2)10-15(14-9-12(19)6-7-16(14)23-17)20-24(21,22)13-5-3-4-11(18)8-13;/h3-9,15,20H,10,19H2,1-2H3;1H. The second-order valence-electron chi connectivity index (χ2n) is 6.49. The van der Waals surface area contributed by atoms with Crippen LogP contribution < -0.4 is 15.2 Å². The molecule has 3 rings (SSSR count). The van der Waals surface area contributed by atoms with Crippen molar-refractivity contribution in [2.24, 2.45) is 0 Å². The molecule has 0 saturated heterocycles. The summed E-state index contributed by atoms with van der Waals surface area (Å²) in [5.41, 5.74) is 6.66. The SMILES string of the molecule is CC1(C)CC(NS(=O)(=O)c2cccc(Cl)c2)c2cc(N)ccc2O1.Cl. The molecule has 2 aromatic rings. The molecule has 0 bridgehead atoms. The first kappa shape index (κ1) is 19.8. The minimum absolute atomic E-state index is 0. The van der Waals surface area contributed by atoms with E-state index in [1.807, 2.05) is 13.8 Å². The lowest BCUT2D eigenvalue weighted by Gasteiger charge is -2.37. The number of rotatable bonds is 3. The number of benzene rings is 2. The first-order valence-corrected chi connectivity index (χ1v) is 9.39. The van der Waals surface area contributed by atoms with Crippen molar-refractivity contribution in [3.8, 4) is 5.75 Å². The number of nitrogen functional groups attached to an aromatic ring is 1. The van der Waals surface area contributed by atoms with E-state index in [0.717, 1.165) is 5.56 Å². The van der Waals surface area contributed by atoms with Crippen molar-refractivity contribution in [3.63, 3.8) is 0 Å². The predicted octanol–water partition coefficient (Wildman–Crippen LogP) is 3.92. The van der Waals surface area contributed by atoms with Gasteiger partial charge in [0.1, 0.15) is 11.4 Å². The van der Waals surface area contributed by atoms with Crippen molar-refractivity contribution in [2.45, 2.75) is 36.8 Å². The molecule has 3 N–H and O–H groups in total. The Balaban J connectivity index is 0.00000225. The normalized spacial score (nSPS) is 18.6. The molecule has 136 valence electrons. The number of fused-ring (bicyclic) bond motifs is 1. The van der Waals surface area contributed by atoms with Crippen LogP contribution in [0.3, 0.4) is 0 Å². The smallest absolute Gasteiger partial charge is 0.241 e. The highest BCUT2D eigenvalue weighted by atomic mass is 35.5. The highest BCUT2D eigenvalue weighted by Gasteiger charge is 2.36. The first-order valence-electron chi connectivity index (χ1n) is 7.53. The second kappa shape index (κ2) is 7.03. The van der Waals surface area contributed by atoms with Gasteiger partial charge in [-0.1, -0.05) is 17.7 Å². The summed E-state index contributed by atoms with van der Waals surface area (Å²) in [7, 11) is -3.72. The van der Waals surface area contributed by atoms with Gasteiger partial charge in [-0.25, -0.2) is 13.1 Å². The van der Waals surface area contributed by atoms with Gasteiger partial charge < -0.3 is 10.5 Å². The number of sulfonamides is 1. The molecule has 0 saturated carbocycles. The molecule has 1 heterocycles. The zero-order valence-corrected chi connectivity index (χ0v) is 16.2. The lowest BCUT2D eigenvalue weighted by Crippen LogP contribution is -2.41. The molecule has 0 spiro atoms. The fourth-order valence-corrected chi connectivity index (χ4v) is 4.38. The third-order valence-corrected chi connectivity index (χ3v) is 5.60. The van der Waals surface area contributed by atoms with E-state index in [4.69, 9.17) is 22.1 Å². The Morgan fingerprint density at radius 3 is 2.64 bits per heavy atom. The molecule has 1 unspecified atom stereocenters. The average Bonchev–Trinajstić information content (AvgIpc) is 2.47. The van der Waals surface area contributed by atoms with Crippen molar-refractivity contribution < 1.29 is 13.2 Å². The highest BCUT2D eigenvalue weighted by molar-refractivity contribution is 7.89. The molecular formula is C17H20Cl2N2O3S. The Morgan fingerprint density at radius 2 is 1.96 bits per heavy atom. The molecule has 0 aliphatic carbocycles. The molecule has 1 atom stereocenters. The maximum atomic E-state index is 12.7. The number of ether oxygens (including phenoxy) is 1. The van der Waals surface area contributed by atoms with Gasteiger partial charge in [-0.2, -0.15) is 0 Å². The zero-order valence-electron chi connectivity index (χ0n) is 13.8. The summed E-state index contributed by atoms with van der Waals surface area (Å²) in [6.45, 7) is 3.85. The minimum Gasteiger partial charge on any atom is -0.487 e. The summed E-state index contributed by atoms with van der Waals surface area (Å²) < 4.78 is 34.1. The Labute approximate surface area is 159 Å². The maximum absolute atomic E-state index is 12.7. The van der Waals surface area contributed by atoms with Crippen LogP contribution in [-0.4, -0.2) is 14.0 Å². The molecule has 2 aromatic carbocycles. The van der Waals surface area contributed by atoms with E-state index in [2.05, 4.69) is 4.72 Å². The van der Waals surface area contributed by atoms with E-state index in [1.54, 1.807) is 30.3 Å². The molecule has 1 aliphatic heterocycles. The molecule has 0 aromatic heterocycles. The summed E-state index contributed by atoms with van der Waals surface area (Å²) in [5, 5.41) is 0.370. The van der Waals surface area contributed by atoms with Crippen LogP contribution in [-0.2, 0) is 10.0 Å². The quantitative estimate of drug-likeness (QED) is 0.761. The molecule has 0 amide bonds. The van der Waals surface area contributed by atoms with Crippen LogP contribution in [0.1, 0.15) is 31.9 Å². The summed E-state index contributed by atoms with van der Waals surface area (Å²) in [4.78, 5) is 0.129. The van der Waals surface area contributed by atoms with Crippen molar-refractivity contribution in [2.75, 3.05) is 5.73 Å². The van der Waals surface area contributed by atoms with Crippen molar-refractivity contribution in [3.05, 3.63) is 53.1 Å². The van der Waals surface area contributed by atoms with Gasteiger partial charge in [0, 0.05) is 22.7 Å². The Hall–Kier alpha value is -1.47.